The van der Waals surface area contributed by atoms with Gasteiger partial charge < -0.3 is 14.8 Å². The number of anilines is 1. The molecule has 2 aliphatic rings. The normalized spacial score (nSPS) is 20.5. The molecule has 1 atom stereocenters. The second kappa shape index (κ2) is 6.19. The lowest BCUT2D eigenvalue weighted by molar-refractivity contribution is -0.116. The van der Waals surface area contributed by atoms with E-state index in [1.807, 2.05) is 18.2 Å². The summed E-state index contributed by atoms with van der Waals surface area (Å²) in [6.07, 6.45) is 6.92. The van der Waals surface area contributed by atoms with Gasteiger partial charge in [0.15, 0.2) is 11.5 Å². The molecule has 2 aromatic rings. The molecule has 1 amide bonds. The van der Waals surface area contributed by atoms with Crippen molar-refractivity contribution in [3.63, 3.8) is 0 Å². The van der Waals surface area contributed by atoms with Crippen LogP contribution in [0.25, 0.3) is 0 Å². The maximum atomic E-state index is 12.1. The Morgan fingerprint density at radius 2 is 2.04 bits per heavy atom. The van der Waals surface area contributed by atoms with Crippen molar-refractivity contribution >= 4 is 11.7 Å². The van der Waals surface area contributed by atoms with Gasteiger partial charge >= 0.3 is 0 Å². The Hall–Kier alpha value is -2.50. The fourth-order valence-corrected chi connectivity index (χ4v) is 3.69. The second-order valence-electron chi connectivity index (χ2n) is 6.41. The van der Waals surface area contributed by atoms with Crippen LogP contribution >= 0.6 is 0 Å². The first-order valence-corrected chi connectivity index (χ1v) is 8.43. The Bertz CT molecular complexity index is 750. The number of H-pyrrole nitrogens is 1. The van der Waals surface area contributed by atoms with Gasteiger partial charge in [-0.15, -0.1) is 0 Å². The SMILES string of the molecule is COc1cccc(C2CC(=O)Nc3[nH]ncc32)c1OC1CCCC1. The van der Waals surface area contributed by atoms with Gasteiger partial charge in [-0.1, -0.05) is 12.1 Å². The Labute approximate surface area is 140 Å². The molecule has 0 spiro atoms. The van der Waals surface area contributed by atoms with Gasteiger partial charge in [-0.2, -0.15) is 5.10 Å². The number of nitrogens with zero attached hydrogens (tertiary/aromatic N) is 1. The van der Waals surface area contributed by atoms with Crippen molar-refractivity contribution < 1.29 is 14.3 Å². The molecule has 126 valence electrons. The quantitative estimate of drug-likeness (QED) is 0.904. The van der Waals surface area contributed by atoms with E-state index in [4.69, 9.17) is 9.47 Å². The number of fused-ring (bicyclic) bond motifs is 1. The first kappa shape index (κ1) is 15.1. The fourth-order valence-electron chi connectivity index (χ4n) is 3.69. The van der Waals surface area contributed by atoms with Crippen LogP contribution in [0.4, 0.5) is 5.82 Å². The molecule has 0 bridgehead atoms. The third-order valence-electron chi connectivity index (χ3n) is 4.89. The standard InChI is InChI=1S/C18H21N3O3/c1-23-15-8-4-7-12(17(15)24-11-5-2-3-6-11)13-9-16(22)20-18-14(13)10-19-21-18/h4,7-8,10-11,13H,2-3,5-6,9H2,1H3,(H2,19,20,21,22). The largest absolute Gasteiger partial charge is 0.493 e. The smallest absolute Gasteiger partial charge is 0.226 e. The highest BCUT2D eigenvalue weighted by Gasteiger charge is 2.32. The summed E-state index contributed by atoms with van der Waals surface area (Å²) in [5.74, 6) is 2.05. The van der Waals surface area contributed by atoms with Crippen LogP contribution in [0.15, 0.2) is 24.4 Å². The van der Waals surface area contributed by atoms with Crippen molar-refractivity contribution in [3.05, 3.63) is 35.5 Å². The molecule has 1 saturated carbocycles. The number of benzene rings is 1. The minimum atomic E-state index is -0.0843. The lowest BCUT2D eigenvalue weighted by Gasteiger charge is -2.26. The number of hydrogen-bond acceptors (Lipinski definition) is 4. The zero-order valence-electron chi connectivity index (χ0n) is 13.7. The highest BCUT2D eigenvalue weighted by Crippen LogP contribution is 2.44. The van der Waals surface area contributed by atoms with E-state index in [1.165, 1.54) is 12.8 Å². The molecule has 1 fully saturated rings. The summed E-state index contributed by atoms with van der Waals surface area (Å²) in [6, 6.07) is 5.88. The molecular weight excluding hydrogens is 306 g/mol. The molecule has 24 heavy (non-hydrogen) atoms. The summed E-state index contributed by atoms with van der Waals surface area (Å²) in [7, 11) is 1.65. The van der Waals surface area contributed by atoms with Crippen molar-refractivity contribution in [3.8, 4) is 11.5 Å². The van der Waals surface area contributed by atoms with Gasteiger partial charge in [-0.05, 0) is 31.7 Å². The van der Waals surface area contributed by atoms with Crippen LogP contribution in [-0.4, -0.2) is 29.3 Å². The summed E-state index contributed by atoms with van der Waals surface area (Å²) in [5.41, 5.74) is 1.97. The van der Waals surface area contributed by atoms with Crippen LogP contribution < -0.4 is 14.8 Å². The maximum Gasteiger partial charge on any atom is 0.226 e. The molecule has 6 nitrogen and oxygen atoms in total. The predicted octanol–water partition coefficient (Wildman–Crippen LogP) is 3.21. The zero-order valence-corrected chi connectivity index (χ0v) is 13.7. The van der Waals surface area contributed by atoms with Crippen LogP contribution in [0.2, 0.25) is 0 Å². The number of hydrogen-bond donors (Lipinski definition) is 2. The number of carbonyl (C=O) groups is 1. The average Bonchev–Trinajstić information content (AvgIpc) is 3.25. The number of amides is 1. The Morgan fingerprint density at radius 1 is 1.21 bits per heavy atom. The van der Waals surface area contributed by atoms with Crippen LogP contribution in [0.5, 0.6) is 11.5 Å². The molecule has 4 rings (SSSR count). The van der Waals surface area contributed by atoms with E-state index in [0.29, 0.717) is 12.2 Å². The lowest BCUT2D eigenvalue weighted by Crippen LogP contribution is -2.24. The molecule has 2 heterocycles. The molecule has 1 aliphatic carbocycles. The summed E-state index contributed by atoms with van der Waals surface area (Å²) in [6.45, 7) is 0. The molecule has 0 saturated heterocycles. The van der Waals surface area contributed by atoms with E-state index < -0.39 is 0 Å². The summed E-state index contributed by atoms with van der Waals surface area (Å²) >= 11 is 0. The van der Waals surface area contributed by atoms with Crippen LogP contribution in [0, 0.1) is 0 Å². The number of methoxy groups -OCH3 is 1. The average molecular weight is 327 g/mol. The predicted molar refractivity (Wildman–Crippen MR) is 89.6 cm³/mol. The first-order valence-electron chi connectivity index (χ1n) is 8.43. The first-order chi connectivity index (χ1) is 11.8. The van der Waals surface area contributed by atoms with E-state index in [-0.39, 0.29) is 17.9 Å². The third kappa shape index (κ3) is 2.62. The van der Waals surface area contributed by atoms with Gasteiger partial charge in [-0.3, -0.25) is 9.89 Å². The number of ether oxygens (including phenoxy) is 2. The molecule has 0 radical (unpaired) electrons. The van der Waals surface area contributed by atoms with E-state index in [0.717, 1.165) is 35.5 Å². The fraction of sp³-hybridized carbons (Fsp3) is 0.444. The van der Waals surface area contributed by atoms with E-state index in [1.54, 1.807) is 13.3 Å². The van der Waals surface area contributed by atoms with Crippen molar-refractivity contribution in [2.75, 3.05) is 12.4 Å². The number of aromatic amines is 1. The lowest BCUT2D eigenvalue weighted by atomic mass is 9.86. The zero-order chi connectivity index (χ0) is 16.5. The van der Waals surface area contributed by atoms with E-state index in [9.17, 15) is 4.79 Å². The van der Waals surface area contributed by atoms with Crippen molar-refractivity contribution in [2.45, 2.75) is 44.1 Å². The number of nitrogens with one attached hydrogen (secondary N) is 2. The van der Waals surface area contributed by atoms with Crippen molar-refractivity contribution in [1.82, 2.24) is 10.2 Å². The number of rotatable bonds is 4. The third-order valence-corrected chi connectivity index (χ3v) is 4.89. The highest BCUT2D eigenvalue weighted by atomic mass is 16.5. The maximum absolute atomic E-state index is 12.1. The Balaban J connectivity index is 1.76. The van der Waals surface area contributed by atoms with E-state index >= 15 is 0 Å². The van der Waals surface area contributed by atoms with Crippen LogP contribution in [-0.2, 0) is 4.79 Å². The number of para-hydroxylation sites is 1. The van der Waals surface area contributed by atoms with Gasteiger partial charge in [0.05, 0.1) is 19.4 Å². The van der Waals surface area contributed by atoms with Crippen molar-refractivity contribution in [1.29, 1.82) is 0 Å². The van der Waals surface area contributed by atoms with Gasteiger partial charge in [0.2, 0.25) is 5.91 Å². The monoisotopic (exact) mass is 327 g/mol. The minimum Gasteiger partial charge on any atom is -0.493 e. The Morgan fingerprint density at radius 3 is 2.83 bits per heavy atom. The number of aromatic nitrogens is 2. The van der Waals surface area contributed by atoms with Gasteiger partial charge in [-0.25, -0.2) is 0 Å². The Kier molecular flexibility index (Phi) is 3.88. The molecular formula is C18H21N3O3. The topological polar surface area (TPSA) is 76.2 Å². The molecule has 2 N–H and O–H groups in total. The van der Waals surface area contributed by atoms with Crippen LogP contribution in [0.1, 0.15) is 49.1 Å². The molecule has 1 aliphatic heterocycles. The minimum absolute atomic E-state index is 0.0219. The highest BCUT2D eigenvalue weighted by molar-refractivity contribution is 5.94. The molecule has 1 aromatic heterocycles. The summed E-state index contributed by atoms with van der Waals surface area (Å²) < 4.78 is 11.9. The van der Waals surface area contributed by atoms with Crippen molar-refractivity contribution in [2.24, 2.45) is 0 Å². The van der Waals surface area contributed by atoms with Crippen LogP contribution in [0.3, 0.4) is 0 Å². The molecule has 6 heteroatoms. The summed E-state index contributed by atoms with van der Waals surface area (Å²) in [4.78, 5) is 12.1. The van der Waals surface area contributed by atoms with Gasteiger partial charge in [0.1, 0.15) is 5.82 Å². The second-order valence-corrected chi connectivity index (χ2v) is 6.41. The molecule has 1 aromatic carbocycles. The van der Waals surface area contributed by atoms with Gasteiger partial charge in [0.25, 0.3) is 0 Å². The number of carbonyl (C=O) groups excluding carboxylic acids is 1. The molecule has 1 unspecified atom stereocenters. The summed E-state index contributed by atoms with van der Waals surface area (Å²) in [5, 5.41) is 9.76. The van der Waals surface area contributed by atoms with E-state index in [2.05, 4.69) is 15.5 Å². The van der Waals surface area contributed by atoms with Gasteiger partial charge in [0, 0.05) is 23.5 Å².